The van der Waals surface area contributed by atoms with Crippen molar-refractivity contribution in [1.82, 2.24) is 16.0 Å². The molecule has 0 saturated heterocycles. The minimum atomic E-state index is -1.16. The van der Waals surface area contributed by atoms with E-state index in [1.165, 1.54) is 0 Å². The highest BCUT2D eigenvalue weighted by Crippen LogP contribution is 2.07. The van der Waals surface area contributed by atoms with Crippen LogP contribution in [0.1, 0.15) is 25.8 Å². The molecule has 1 aromatic carbocycles. The van der Waals surface area contributed by atoms with Crippen LogP contribution in [0, 0.1) is 5.92 Å². The van der Waals surface area contributed by atoms with Crippen LogP contribution in [0.2, 0.25) is 0 Å². The Hall–Kier alpha value is -2.24. The van der Waals surface area contributed by atoms with Crippen molar-refractivity contribution in [2.45, 2.75) is 50.9 Å². The van der Waals surface area contributed by atoms with Crippen LogP contribution in [-0.4, -0.2) is 70.7 Å². The maximum Gasteiger partial charge on any atom is 0.326 e. The quantitative estimate of drug-likeness (QED) is 0.204. The first-order chi connectivity index (χ1) is 15.6. The molecule has 9 nitrogen and oxygen atoms in total. The maximum atomic E-state index is 12.9. The van der Waals surface area contributed by atoms with Crippen molar-refractivity contribution >= 4 is 48.1 Å². The lowest BCUT2D eigenvalue weighted by Crippen LogP contribution is -2.58. The van der Waals surface area contributed by atoms with Gasteiger partial charge in [0.2, 0.25) is 17.7 Å². The highest BCUT2D eigenvalue weighted by Gasteiger charge is 2.31. The molecule has 33 heavy (non-hydrogen) atoms. The second-order valence-electron chi connectivity index (χ2n) is 7.95. The molecule has 0 fully saturated rings. The van der Waals surface area contributed by atoms with Gasteiger partial charge in [0.15, 0.2) is 0 Å². The summed E-state index contributed by atoms with van der Waals surface area (Å²) in [4.78, 5) is 49.7. The van der Waals surface area contributed by atoms with Gasteiger partial charge >= 0.3 is 5.97 Å². The van der Waals surface area contributed by atoms with E-state index >= 15 is 0 Å². The van der Waals surface area contributed by atoms with Crippen LogP contribution in [0.15, 0.2) is 30.3 Å². The number of thioether (sulfide) groups is 1. The third kappa shape index (κ3) is 10.1. The number of hydrogen-bond donors (Lipinski definition) is 6. The van der Waals surface area contributed by atoms with Crippen molar-refractivity contribution in [3.8, 4) is 0 Å². The molecule has 11 heteroatoms. The van der Waals surface area contributed by atoms with Crippen LogP contribution in [0.3, 0.4) is 0 Å². The van der Waals surface area contributed by atoms with E-state index in [0.717, 1.165) is 5.56 Å². The van der Waals surface area contributed by atoms with Crippen molar-refractivity contribution in [2.75, 3.05) is 17.8 Å². The van der Waals surface area contributed by atoms with E-state index in [1.807, 2.05) is 12.3 Å². The highest BCUT2D eigenvalue weighted by atomic mass is 32.2. The van der Waals surface area contributed by atoms with Crippen molar-refractivity contribution in [3.63, 3.8) is 0 Å². The number of nitrogens with one attached hydrogen (secondary N) is 3. The summed E-state index contributed by atoms with van der Waals surface area (Å²) in [6, 6.07) is 5.08. The van der Waals surface area contributed by atoms with E-state index in [-0.39, 0.29) is 18.1 Å². The van der Waals surface area contributed by atoms with E-state index in [9.17, 15) is 24.3 Å². The molecular weight excluding hydrogens is 464 g/mol. The molecule has 0 saturated carbocycles. The van der Waals surface area contributed by atoms with Crippen LogP contribution in [0.5, 0.6) is 0 Å². The number of carbonyl (C=O) groups is 4. The van der Waals surface area contributed by atoms with Gasteiger partial charge < -0.3 is 26.8 Å². The number of hydrogen-bond acceptors (Lipinski definition) is 7. The fraction of sp³-hybridized carbons (Fsp3) is 0.545. The Labute approximate surface area is 204 Å². The molecule has 0 heterocycles. The number of rotatable bonds is 14. The Kier molecular flexibility index (Phi) is 12.9. The average molecular weight is 499 g/mol. The van der Waals surface area contributed by atoms with E-state index in [0.29, 0.717) is 12.2 Å². The summed E-state index contributed by atoms with van der Waals surface area (Å²) in [6.07, 6.45) is 2.50. The Morgan fingerprint density at radius 1 is 1.00 bits per heavy atom. The summed E-state index contributed by atoms with van der Waals surface area (Å²) in [5.41, 5.74) is 6.65. The van der Waals surface area contributed by atoms with Gasteiger partial charge in [-0.25, -0.2) is 4.79 Å². The summed E-state index contributed by atoms with van der Waals surface area (Å²) in [5.74, 6) is -2.54. The summed E-state index contributed by atoms with van der Waals surface area (Å²) in [7, 11) is 0. The third-order valence-corrected chi connectivity index (χ3v) is 5.94. The van der Waals surface area contributed by atoms with Crippen LogP contribution in [0.4, 0.5) is 0 Å². The minimum Gasteiger partial charge on any atom is -0.480 e. The van der Waals surface area contributed by atoms with E-state index in [2.05, 4.69) is 28.6 Å². The second-order valence-corrected chi connectivity index (χ2v) is 9.30. The first-order valence-corrected chi connectivity index (χ1v) is 12.7. The molecule has 0 bridgehead atoms. The topological polar surface area (TPSA) is 151 Å². The number of carbonyl (C=O) groups excluding carboxylic acids is 3. The molecule has 1 aromatic rings. The Morgan fingerprint density at radius 3 is 2.09 bits per heavy atom. The zero-order valence-corrected chi connectivity index (χ0v) is 20.8. The van der Waals surface area contributed by atoms with Crippen molar-refractivity contribution < 1.29 is 24.3 Å². The molecule has 184 valence electrons. The summed E-state index contributed by atoms with van der Waals surface area (Å²) < 4.78 is 0. The normalized spacial score (nSPS) is 14.6. The zero-order valence-electron chi connectivity index (χ0n) is 19.1. The van der Waals surface area contributed by atoms with Crippen molar-refractivity contribution in [2.24, 2.45) is 11.7 Å². The lowest BCUT2D eigenvalue weighted by Gasteiger charge is -2.25. The first kappa shape index (κ1) is 28.8. The number of aliphatic carboxylic acids is 1. The molecule has 6 N–H and O–H groups in total. The third-order valence-electron chi connectivity index (χ3n) is 4.93. The number of carboxylic acid groups (broad SMARTS) is 1. The second kappa shape index (κ2) is 14.8. The maximum absolute atomic E-state index is 12.9. The summed E-state index contributed by atoms with van der Waals surface area (Å²) in [5, 5.41) is 17.1. The number of nitrogens with two attached hydrogens (primary N) is 1. The predicted molar refractivity (Wildman–Crippen MR) is 133 cm³/mol. The average Bonchev–Trinajstić information content (AvgIpc) is 2.78. The molecule has 0 aliphatic rings. The Morgan fingerprint density at radius 2 is 1.58 bits per heavy atom. The monoisotopic (exact) mass is 498 g/mol. The van der Waals surface area contributed by atoms with Crippen LogP contribution < -0.4 is 21.7 Å². The molecule has 1 rings (SSSR count). The minimum absolute atomic E-state index is 0.00373. The molecule has 3 amide bonds. The molecule has 0 aliphatic heterocycles. The van der Waals surface area contributed by atoms with E-state index in [4.69, 9.17) is 5.73 Å². The smallest absolute Gasteiger partial charge is 0.326 e. The molecular formula is C22H34N4O5S2. The van der Waals surface area contributed by atoms with Crippen LogP contribution in [-0.2, 0) is 25.6 Å². The van der Waals surface area contributed by atoms with E-state index in [1.54, 1.807) is 49.9 Å². The summed E-state index contributed by atoms with van der Waals surface area (Å²) in [6.45, 7) is 3.35. The number of amides is 3. The zero-order chi connectivity index (χ0) is 25.0. The van der Waals surface area contributed by atoms with Gasteiger partial charge in [-0.15, -0.1) is 0 Å². The Balaban J connectivity index is 2.97. The Bertz CT molecular complexity index is 794. The van der Waals surface area contributed by atoms with E-state index < -0.39 is 47.9 Å². The van der Waals surface area contributed by atoms with Gasteiger partial charge in [-0.2, -0.15) is 24.4 Å². The van der Waals surface area contributed by atoms with Gasteiger partial charge in [0.1, 0.15) is 18.1 Å². The van der Waals surface area contributed by atoms with Crippen LogP contribution in [0.25, 0.3) is 0 Å². The molecule has 0 aromatic heterocycles. The largest absolute Gasteiger partial charge is 0.480 e. The van der Waals surface area contributed by atoms with Crippen LogP contribution >= 0.6 is 24.4 Å². The lowest BCUT2D eigenvalue weighted by atomic mass is 10.0. The fourth-order valence-corrected chi connectivity index (χ4v) is 3.69. The highest BCUT2D eigenvalue weighted by molar-refractivity contribution is 7.98. The van der Waals surface area contributed by atoms with Gasteiger partial charge in [0.05, 0.1) is 6.04 Å². The first-order valence-electron chi connectivity index (χ1n) is 10.6. The standard InChI is InChI=1S/C22H34N4O5S2/c1-13(2)18(22(30)31)26-20(28)16(11-14-7-5-4-6-8-14)24-21(29)17(12-32)25-19(27)15(23)9-10-33-3/h4-8,13,15-18,32H,9-12,23H2,1-3H3,(H,24,29)(H,25,27)(H,26,28)(H,30,31). The van der Waals surface area contributed by atoms with Gasteiger partial charge in [-0.05, 0) is 29.9 Å². The number of benzene rings is 1. The number of thiol groups is 1. The van der Waals surface area contributed by atoms with Gasteiger partial charge in [0, 0.05) is 12.2 Å². The molecule has 4 atom stereocenters. The van der Waals surface area contributed by atoms with Gasteiger partial charge in [-0.3, -0.25) is 14.4 Å². The van der Waals surface area contributed by atoms with Crippen molar-refractivity contribution in [1.29, 1.82) is 0 Å². The fourth-order valence-electron chi connectivity index (χ4n) is 2.95. The lowest BCUT2D eigenvalue weighted by molar-refractivity contribution is -0.143. The summed E-state index contributed by atoms with van der Waals surface area (Å²) >= 11 is 5.71. The predicted octanol–water partition coefficient (Wildman–Crippen LogP) is 0.434. The molecule has 0 spiro atoms. The molecule has 4 unspecified atom stereocenters. The molecule has 0 aliphatic carbocycles. The van der Waals surface area contributed by atoms with Gasteiger partial charge in [-0.1, -0.05) is 44.2 Å². The SMILES string of the molecule is CSCCC(N)C(=O)NC(CS)C(=O)NC(Cc1ccccc1)C(=O)NC(C(=O)O)C(C)C. The van der Waals surface area contributed by atoms with Gasteiger partial charge in [0.25, 0.3) is 0 Å². The molecule has 0 radical (unpaired) electrons. The van der Waals surface area contributed by atoms with Crippen molar-refractivity contribution in [3.05, 3.63) is 35.9 Å². The number of carboxylic acids is 1.